The van der Waals surface area contributed by atoms with Crippen LogP contribution in [-0.2, 0) is 13.1 Å². The monoisotopic (exact) mass is 412 g/mol. The van der Waals surface area contributed by atoms with Crippen LogP contribution in [0.5, 0.6) is 0 Å². The molecular formula is C23H36N6O. The molecule has 3 heterocycles. The number of aliphatic imine (C=N–C) groups is 1. The molecule has 0 aliphatic carbocycles. The molecule has 0 spiro atoms. The van der Waals surface area contributed by atoms with Gasteiger partial charge in [-0.05, 0) is 37.3 Å². The first kappa shape index (κ1) is 22.1. The van der Waals surface area contributed by atoms with Gasteiger partial charge in [0.25, 0.3) is 0 Å². The first-order chi connectivity index (χ1) is 14.7. The van der Waals surface area contributed by atoms with Crippen molar-refractivity contribution in [2.75, 3.05) is 25.0 Å². The number of rotatable bonds is 8. The number of hydrogen-bond donors (Lipinski definition) is 2. The summed E-state index contributed by atoms with van der Waals surface area (Å²) >= 11 is 0. The molecule has 1 fully saturated rings. The van der Waals surface area contributed by atoms with Crippen molar-refractivity contribution < 1.29 is 4.52 Å². The molecule has 0 unspecified atom stereocenters. The van der Waals surface area contributed by atoms with Gasteiger partial charge in [0, 0.05) is 44.9 Å². The van der Waals surface area contributed by atoms with Gasteiger partial charge in [0.05, 0.1) is 12.2 Å². The van der Waals surface area contributed by atoms with Crippen LogP contribution in [0.3, 0.4) is 0 Å². The fourth-order valence-electron chi connectivity index (χ4n) is 3.90. The van der Waals surface area contributed by atoms with Crippen molar-refractivity contribution in [1.82, 2.24) is 20.8 Å². The Morgan fingerprint density at radius 1 is 1.10 bits per heavy atom. The minimum absolute atomic E-state index is 0.463. The lowest BCUT2D eigenvalue weighted by Crippen LogP contribution is -2.36. The predicted octanol–water partition coefficient (Wildman–Crippen LogP) is 4.22. The van der Waals surface area contributed by atoms with Crippen LogP contribution >= 0.6 is 0 Å². The van der Waals surface area contributed by atoms with E-state index < -0.39 is 0 Å². The minimum atomic E-state index is 0.463. The summed E-state index contributed by atoms with van der Waals surface area (Å²) in [5.74, 6) is 3.10. The van der Waals surface area contributed by atoms with E-state index in [1.54, 1.807) is 7.05 Å². The maximum Gasteiger partial charge on any atom is 0.191 e. The number of nitrogens with zero attached hydrogens (tertiary/aromatic N) is 4. The smallest absolute Gasteiger partial charge is 0.191 e. The summed E-state index contributed by atoms with van der Waals surface area (Å²) in [5, 5.41) is 10.9. The molecule has 0 amide bonds. The fraction of sp³-hybridized carbons (Fsp3) is 0.609. The predicted molar refractivity (Wildman–Crippen MR) is 122 cm³/mol. The molecule has 2 aromatic heterocycles. The Balaban J connectivity index is 1.47. The molecule has 1 aliphatic heterocycles. The first-order valence-corrected chi connectivity index (χ1v) is 11.3. The van der Waals surface area contributed by atoms with Crippen molar-refractivity contribution in [3.63, 3.8) is 0 Å². The maximum absolute atomic E-state index is 5.48. The van der Waals surface area contributed by atoms with Crippen molar-refractivity contribution >= 4 is 11.8 Å². The Morgan fingerprint density at radius 2 is 1.83 bits per heavy atom. The molecular weight excluding hydrogens is 376 g/mol. The fourth-order valence-corrected chi connectivity index (χ4v) is 3.90. The van der Waals surface area contributed by atoms with Crippen LogP contribution in [0.4, 0.5) is 5.82 Å². The van der Waals surface area contributed by atoms with Crippen LogP contribution < -0.4 is 15.5 Å². The number of aromatic nitrogens is 2. The minimum Gasteiger partial charge on any atom is -0.359 e. The van der Waals surface area contributed by atoms with Crippen molar-refractivity contribution in [2.45, 2.75) is 71.4 Å². The number of hydrogen-bond acceptors (Lipinski definition) is 5. The van der Waals surface area contributed by atoms with E-state index in [1.165, 1.54) is 25.7 Å². The number of nitrogens with one attached hydrogen (secondary N) is 2. The molecule has 0 bridgehead atoms. The third-order valence-electron chi connectivity index (χ3n) is 5.83. The molecule has 0 saturated carbocycles. The summed E-state index contributed by atoms with van der Waals surface area (Å²) in [6.07, 6.45) is 9.29. The molecule has 2 N–H and O–H groups in total. The van der Waals surface area contributed by atoms with Gasteiger partial charge in [-0.1, -0.05) is 37.9 Å². The highest BCUT2D eigenvalue weighted by atomic mass is 16.5. The van der Waals surface area contributed by atoms with Crippen LogP contribution in [-0.4, -0.2) is 36.2 Å². The summed E-state index contributed by atoms with van der Waals surface area (Å²) < 4.78 is 5.48. The standard InChI is InChI=1S/C23H36N6O/c1-4-19(5-2)21-14-20(30-28-21)17-27-23(24-3)26-16-18-10-11-22(25-15-18)29-12-8-6-7-9-13-29/h10-11,14-15,19H,4-9,12-13,16-17H2,1-3H3,(H2,24,26,27). The normalized spacial score (nSPS) is 15.3. The van der Waals surface area contributed by atoms with Gasteiger partial charge in [0.2, 0.25) is 0 Å². The van der Waals surface area contributed by atoms with Crippen molar-refractivity contribution in [1.29, 1.82) is 0 Å². The number of pyridine rings is 1. The first-order valence-electron chi connectivity index (χ1n) is 11.3. The maximum atomic E-state index is 5.48. The van der Waals surface area contributed by atoms with Crippen LogP contribution in [0.25, 0.3) is 0 Å². The highest BCUT2D eigenvalue weighted by molar-refractivity contribution is 5.79. The molecule has 2 aromatic rings. The van der Waals surface area contributed by atoms with E-state index in [9.17, 15) is 0 Å². The van der Waals surface area contributed by atoms with Gasteiger partial charge in [-0.2, -0.15) is 0 Å². The molecule has 7 heteroatoms. The molecule has 0 aromatic carbocycles. The molecule has 1 aliphatic rings. The van der Waals surface area contributed by atoms with Crippen molar-refractivity contribution in [3.05, 3.63) is 41.4 Å². The molecule has 7 nitrogen and oxygen atoms in total. The van der Waals surface area contributed by atoms with Gasteiger partial charge >= 0.3 is 0 Å². The van der Waals surface area contributed by atoms with Gasteiger partial charge in [0.15, 0.2) is 11.7 Å². The Labute approximate surface area is 180 Å². The topological polar surface area (TPSA) is 78.6 Å². The lowest BCUT2D eigenvalue weighted by Gasteiger charge is -2.21. The summed E-state index contributed by atoms with van der Waals surface area (Å²) in [6, 6.07) is 6.32. The summed E-state index contributed by atoms with van der Waals surface area (Å²) in [5.41, 5.74) is 2.17. The van der Waals surface area contributed by atoms with Crippen molar-refractivity contribution in [2.24, 2.45) is 4.99 Å². The number of anilines is 1. The molecule has 1 saturated heterocycles. The van der Waals surface area contributed by atoms with E-state index in [-0.39, 0.29) is 0 Å². The van der Waals surface area contributed by atoms with E-state index in [4.69, 9.17) is 4.52 Å². The molecule has 0 atom stereocenters. The highest BCUT2D eigenvalue weighted by Crippen LogP contribution is 2.22. The molecule has 3 rings (SSSR count). The van der Waals surface area contributed by atoms with Crippen LogP contribution in [0.15, 0.2) is 33.9 Å². The van der Waals surface area contributed by atoms with Gasteiger partial charge in [-0.15, -0.1) is 0 Å². The summed E-state index contributed by atoms with van der Waals surface area (Å²) in [7, 11) is 1.77. The Hall–Kier alpha value is -2.57. The zero-order valence-electron chi connectivity index (χ0n) is 18.7. The third kappa shape index (κ3) is 6.21. The zero-order valence-corrected chi connectivity index (χ0v) is 18.7. The SMILES string of the molecule is CCC(CC)c1cc(CNC(=NC)NCc2ccc(N3CCCCCC3)nc2)on1. The second-order valence-electron chi connectivity index (χ2n) is 7.94. The zero-order chi connectivity index (χ0) is 21.2. The Bertz CT molecular complexity index is 773. The van der Waals surface area contributed by atoms with E-state index in [0.717, 1.165) is 54.7 Å². The van der Waals surface area contributed by atoms with E-state index in [0.29, 0.717) is 19.0 Å². The summed E-state index contributed by atoms with van der Waals surface area (Å²) in [6.45, 7) is 7.81. The van der Waals surface area contributed by atoms with E-state index in [1.807, 2.05) is 12.3 Å². The Morgan fingerprint density at radius 3 is 2.47 bits per heavy atom. The van der Waals surface area contributed by atoms with Crippen molar-refractivity contribution in [3.8, 4) is 0 Å². The van der Waals surface area contributed by atoms with Gasteiger partial charge in [-0.25, -0.2) is 4.98 Å². The summed E-state index contributed by atoms with van der Waals surface area (Å²) in [4.78, 5) is 11.4. The van der Waals surface area contributed by atoms with Crippen LogP contribution in [0.2, 0.25) is 0 Å². The van der Waals surface area contributed by atoms with Crippen LogP contribution in [0, 0.1) is 0 Å². The van der Waals surface area contributed by atoms with E-state index in [2.05, 4.69) is 56.6 Å². The lowest BCUT2D eigenvalue weighted by atomic mass is 9.99. The highest BCUT2D eigenvalue weighted by Gasteiger charge is 2.13. The molecule has 30 heavy (non-hydrogen) atoms. The Kier molecular flexibility index (Phi) is 8.53. The van der Waals surface area contributed by atoms with Gasteiger partial charge in [-0.3, -0.25) is 4.99 Å². The molecule has 164 valence electrons. The molecule has 0 radical (unpaired) electrons. The van der Waals surface area contributed by atoms with E-state index >= 15 is 0 Å². The number of guanidine groups is 1. The lowest BCUT2D eigenvalue weighted by molar-refractivity contribution is 0.368. The van der Waals surface area contributed by atoms with Crippen LogP contribution in [0.1, 0.15) is 75.3 Å². The quantitative estimate of drug-likeness (QED) is 0.499. The third-order valence-corrected chi connectivity index (χ3v) is 5.83. The average molecular weight is 413 g/mol. The second kappa shape index (κ2) is 11.6. The average Bonchev–Trinajstić information content (AvgIpc) is 3.07. The van der Waals surface area contributed by atoms with Gasteiger partial charge < -0.3 is 20.1 Å². The second-order valence-corrected chi connectivity index (χ2v) is 7.94. The van der Waals surface area contributed by atoms with Gasteiger partial charge in [0.1, 0.15) is 5.82 Å². The largest absolute Gasteiger partial charge is 0.359 e.